The molecule has 4 N–H and O–H groups in total. The smallest absolute Gasteiger partial charge is 0.426 e. The number of rotatable bonds is 11. The summed E-state index contributed by atoms with van der Waals surface area (Å²) >= 11 is 0. The zero-order valence-electron chi connectivity index (χ0n) is 16.9. The van der Waals surface area contributed by atoms with Gasteiger partial charge < -0.3 is 30.2 Å². The predicted molar refractivity (Wildman–Crippen MR) is 109 cm³/mol. The maximum atomic E-state index is 12.6. The molecule has 2 rings (SSSR count). The first-order chi connectivity index (χ1) is 14.0. The molecule has 0 spiro atoms. The van der Waals surface area contributed by atoms with Gasteiger partial charge in [0, 0.05) is 13.7 Å². The minimum Gasteiger partial charge on any atom is -0.426 e. The van der Waals surface area contributed by atoms with Crippen LogP contribution in [0.5, 0.6) is 0 Å². The minimum atomic E-state index is -1.70. The Bertz CT molecular complexity index is 625. The van der Waals surface area contributed by atoms with Gasteiger partial charge >= 0.3 is 7.12 Å². The van der Waals surface area contributed by atoms with Gasteiger partial charge in [0.25, 0.3) is 0 Å². The summed E-state index contributed by atoms with van der Waals surface area (Å²) in [5.41, 5.74) is 1.14. The maximum absolute atomic E-state index is 12.6. The zero-order chi connectivity index (χ0) is 21.1. The zero-order valence-corrected chi connectivity index (χ0v) is 16.9. The molecule has 8 nitrogen and oxygen atoms in total. The number of aryl methyl sites for hydroxylation is 1. The van der Waals surface area contributed by atoms with Crippen molar-refractivity contribution < 1.29 is 29.1 Å². The molecule has 2 amide bonds. The number of carbonyl (C=O) groups excluding carboxylic acids is 2. The number of methoxy groups -OCH3 is 1. The standard InChI is InChI=1S/C20H31BN2O6/c1-28-14-16(22-20(25)17-11-5-6-13-29-17)19(24)23-18(21(26)27)12-7-10-15-8-3-2-4-9-15/h2-4,8-9,16-18,26-27H,5-7,10-14H2,1H3,(H,22,25)(H,23,24)/t16?,17?,18-/m0/s1. The Morgan fingerprint density at radius 1 is 1.24 bits per heavy atom. The highest BCUT2D eigenvalue weighted by molar-refractivity contribution is 6.43. The Hall–Kier alpha value is -1.94. The molecule has 1 fully saturated rings. The second-order valence-electron chi connectivity index (χ2n) is 7.28. The van der Waals surface area contributed by atoms with Gasteiger partial charge in [-0.25, -0.2) is 0 Å². The number of nitrogens with one attached hydrogen (secondary N) is 2. The Morgan fingerprint density at radius 2 is 2.00 bits per heavy atom. The van der Waals surface area contributed by atoms with Gasteiger partial charge in [0.05, 0.1) is 12.5 Å². The molecule has 1 aromatic carbocycles. The first kappa shape index (κ1) is 23.3. The van der Waals surface area contributed by atoms with Crippen molar-refractivity contribution in [2.45, 2.75) is 56.6 Å². The summed E-state index contributed by atoms with van der Waals surface area (Å²) in [7, 11) is -0.266. The van der Waals surface area contributed by atoms with E-state index in [0.29, 0.717) is 25.9 Å². The van der Waals surface area contributed by atoms with Gasteiger partial charge in [-0.2, -0.15) is 0 Å². The number of ether oxygens (including phenoxy) is 2. The van der Waals surface area contributed by atoms with E-state index < -0.39 is 31.1 Å². The highest BCUT2D eigenvalue weighted by Gasteiger charge is 2.31. The summed E-state index contributed by atoms with van der Waals surface area (Å²) in [6.45, 7) is 0.502. The fourth-order valence-electron chi connectivity index (χ4n) is 3.31. The van der Waals surface area contributed by atoms with Gasteiger partial charge in [-0.3, -0.25) is 9.59 Å². The van der Waals surface area contributed by atoms with Gasteiger partial charge in [-0.15, -0.1) is 0 Å². The number of amides is 2. The third-order valence-corrected chi connectivity index (χ3v) is 4.95. The molecular weight excluding hydrogens is 375 g/mol. The first-order valence-electron chi connectivity index (χ1n) is 10.1. The summed E-state index contributed by atoms with van der Waals surface area (Å²) in [5.74, 6) is -1.71. The van der Waals surface area contributed by atoms with E-state index in [1.165, 1.54) is 7.11 Å². The summed E-state index contributed by atoms with van der Waals surface area (Å²) in [5, 5.41) is 24.6. The predicted octanol–water partition coefficient (Wildman–Crippen LogP) is 0.206. The van der Waals surface area contributed by atoms with Crippen LogP contribution in [0.2, 0.25) is 0 Å². The molecule has 1 saturated heterocycles. The van der Waals surface area contributed by atoms with Gasteiger partial charge in [-0.1, -0.05) is 30.3 Å². The van der Waals surface area contributed by atoms with Gasteiger partial charge in [-0.05, 0) is 44.1 Å². The van der Waals surface area contributed by atoms with Crippen LogP contribution in [0, 0.1) is 0 Å². The van der Waals surface area contributed by atoms with Crippen molar-refractivity contribution in [2.24, 2.45) is 0 Å². The van der Waals surface area contributed by atoms with Crippen LogP contribution >= 0.6 is 0 Å². The van der Waals surface area contributed by atoms with Crippen LogP contribution in [0.15, 0.2) is 30.3 Å². The van der Waals surface area contributed by atoms with Crippen molar-refractivity contribution in [1.29, 1.82) is 0 Å². The van der Waals surface area contributed by atoms with E-state index in [1.807, 2.05) is 30.3 Å². The lowest BCUT2D eigenvalue weighted by molar-refractivity contribution is -0.139. The Morgan fingerprint density at radius 3 is 2.62 bits per heavy atom. The fraction of sp³-hybridized carbons (Fsp3) is 0.600. The summed E-state index contributed by atoms with van der Waals surface area (Å²) in [6.07, 6.45) is 3.69. The van der Waals surface area contributed by atoms with E-state index in [1.54, 1.807) is 0 Å². The normalized spacial score (nSPS) is 18.5. The average Bonchev–Trinajstić information content (AvgIpc) is 2.73. The molecule has 1 aromatic rings. The third kappa shape index (κ3) is 8.14. The van der Waals surface area contributed by atoms with E-state index in [9.17, 15) is 19.6 Å². The van der Waals surface area contributed by atoms with Crippen molar-refractivity contribution in [3.8, 4) is 0 Å². The Balaban J connectivity index is 1.87. The van der Waals surface area contributed by atoms with Gasteiger partial charge in [0.2, 0.25) is 11.8 Å². The van der Waals surface area contributed by atoms with Crippen LogP contribution in [0.4, 0.5) is 0 Å². The molecule has 1 heterocycles. The average molecular weight is 406 g/mol. The molecule has 0 radical (unpaired) electrons. The highest BCUT2D eigenvalue weighted by atomic mass is 16.5. The fourth-order valence-corrected chi connectivity index (χ4v) is 3.31. The monoisotopic (exact) mass is 406 g/mol. The molecular formula is C20H31BN2O6. The summed E-state index contributed by atoms with van der Waals surface area (Å²) < 4.78 is 10.5. The molecule has 1 aliphatic heterocycles. The largest absolute Gasteiger partial charge is 0.475 e. The second-order valence-corrected chi connectivity index (χ2v) is 7.28. The lowest BCUT2D eigenvalue weighted by Crippen LogP contribution is -2.56. The quantitative estimate of drug-likeness (QED) is 0.391. The number of benzene rings is 1. The molecule has 9 heteroatoms. The van der Waals surface area contributed by atoms with E-state index >= 15 is 0 Å². The SMILES string of the molecule is COCC(NC(=O)C1CCCCO1)C(=O)N[C@@H](CCCc1ccccc1)B(O)O. The van der Waals surface area contributed by atoms with Crippen LogP contribution in [-0.2, 0) is 25.5 Å². The van der Waals surface area contributed by atoms with Crippen molar-refractivity contribution >= 4 is 18.9 Å². The third-order valence-electron chi connectivity index (χ3n) is 4.95. The van der Waals surface area contributed by atoms with Gasteiger partial charge in [0.15, 0.2) is 0 Å². The number of hydrogen-bond donors (Lipinski definition) is 4. The van der Waals surface area contributed by atoms with Crippen molar-refractivity contribution in [3.63, 3.8) is 0 Å². The van der Waals surface area contributed by atoms with E-state index in [0.717, 1.165) is 24.8 Å². The van der Waals surface area contributed by atoms with E-state index in [2.05, 4.69) is 10.6 Å². The molecule has 0 aromatic heterocycles. The molecule has 2 unspecified atom stereocenters. The highest BCUT2D eigenvalue weighted by Crippen LogP contribution is 2.13. The van der Waals surface area contributed by atoms with Crippen LogP contribution in [0.3, 0.4) is 0 Å². The minimum absolute atomic E-state index is 0.0252. The van der Waals surface area contributed by atoms with Crippen molar-refractivity contribution in [3.05, 3.63) is 35.9 Å². The van der Waals surface area contributed by atoms with Gasteiger partial charge in [0.1, 0.15) is 12.1 Å². The van der Waals surface area contributed by atoms with E-state index in [-0.39, 0.29) is 12.5 Å². The second kappa shape index (κ2) is 12.6. The maximum Gasteiger partial charge on any atom is 0.475 e. The molecule has 0 bridgehead atoms. The lowest BCUT2D eigenvalue weighted by Gasteiger charge is -2.26. The molecule has 0 aliphatic carbocycles. The summed E-state index contributed by atoms with van der Waals surface area (Å²) in [4.78, 5) is 25.0. The van der Waals surface area contributed by atoms with Crippen LogP contribution in [-0.4, -0.2) is 67.4 Å². The van der Waals surface area contributed by atoms with E-state index in [4.69, 9.17) is 9.47 Å². The summed E-state index contributed by atoms with van der Waals surface area (Å²) in [6, 6.07) is 8.90. The lowest BCUT2D eigenvalue weighted by atomic mass is 9.76. The number of hydrogen-bond acceptors (Lipinski definition) is 6. The van der Waals surface area contributed by atoms with Crippen molar-refractivity contribution in [2.75, 3.05) is 20.3 Å². The molecule has 160 valence electrons. The topological polar surface area (TPSA) is 117 Å². The molecule has 0 saturated carbocycles. The Labute approximate surface area is 172 Å². The van der Waals surface area contributed by atoms with Crippen LogP contribution in [0.25, 0.3) is 0 Å². The van der Waals surface area contributed by atoms with Crippen molar-refractivity contribution in [1.82, 2.24) is 10.6 Å². The first-order valence-corrected chi connectivity index (χ1v) is 10.1. The van der Waals surface area contributed by atoms with Crippen LogP contribution < -0.4 is 10.6 Å². The number of carbonyl (C=O) groups is 2. The molecule has 29 heavy (non-hydrogen) atoms. The van der Waals surface area contributed by atoms with Crippen LogP contribution in [0.1, 0.15) is 37.7 Å². The molecule has 3 atom stereocenters. The molecule has 1 aliphatic rings. The Kier molecular flexibility index (Phi) is 10.1.